The van der Waals surface area contributed by atoms with Gasteiger partial charge < -0.3 is 20.1 Å². The average molecular weight is 320 g/mol. The number of aliphatic hydroxyl groups is 1. The molecule has 1 aromatic rings. The van der Waals surface area contributed by atoms with Crippen LogP contribution in [0.5, 0.6) is 5.75 Å². The van der Waals surface area contributed by atoms with Gasteiger partial charge in [-0.2, -0.15) is 0 Å². The number of benzene rings is 1. The summed E-state index contributed by atoms with van der Waals surface area (Å²) in [5, 5.41) is 12.7. The van der Waals surface area contributed by atoms with Crippen LogP contribution in [-0.4, -0.2) is 41.8 Å². The van der Waals surface area contributed by atoms with E-state index in [9.17, 15) is 9.90 Å². The van der Waals surface area contributed by atoms with Crippen molar-refractivity contribution in [1.29, 1.82) is 0 Å². The molecule has 0 saturated carbocycles. The highest BCUT2D eigenvalue weighted by atomic mass is 16.5. The molecule has 1 heterocycles. The highest BCUT2D eigenvalue weighted by Gasteiger charge is 2.26. The van der Waals surface area contributed by atoms with E-state index in [-0.39, 0.29) is 18.1 Å². The molecule has 0 aliphatic carbocycles. The molecule has 23 heavy (non-hydrogen) atoms. The number of aliphatic hydroxyl groups excluding tert-OH is 1. The average Bonchev–Trinajstić information content (AvgIpc) is 2.56. The van der Waals surface area contributed by atoms with Gasteiger partial charge in [-0.15, -0.1) is 0 Å². The molecule has 2 unspecified atom stereocenters. The molecular weight excluding hydrogens is 292 g/mol. The fraction of sp³-hybridized carbons (Fsp3) is 0.611. The molecule has 2 atom stereocenters. The van der Waals surface area contributed by atoms with Crippen molar-refractivity contribution < 1.29 is 14.6 Å². The van der Waals surface area contributed by atoms with Gasteiger partial charge in [0.15, 0.2) is 0 Å². The van der Waals surface area contributed by atoms with Crippen molar-refractivity contribution in [2.75, 3.05) is 25.0 Å². The van der Waals surface area contributed by atoms with Crippen molar-refractivity contribution >= 4 is 11.7 Å². The molecule has 0 radical (unpaired) electrons. The fourth-order valence-corrected chi connectivity index (χ4v) is 2.80. The Balaban J connectivity index is 1.97. The Labute approximate surface area is 138 Å². The molecule has 1 fully saturated rings. The normalized spacial score (nSPS) is 19.3. The van der Waals surface area contributed by atoms with Gasteiger partial charge in [0.05, 0.1) is 18.4 Å². The van der Waals surface area contributed by atoms with Crippen LogP contribution in [0.25, 0.3) is 0 Å². The number of carbonyl (C=O) groups is 1. The first-order valence-electron chi connectivity index (χ1n) is 8.57. The van der Waals surface area contributed by atoms with E-state index in [4.69, 9.17) is 4.74 Å². The number of urea groups is 1. The monoisotopic (exact) mass is 320 g/mol. The van der Waals surface area contributed by atoms with Gasteiger partial charge in [0.1, 0.15) is 5.75 Å². The number of likely N-dealkylation sites (tertiary alicyclic amines) is 1. The molecule has 0 bridgehead atoms. The lowest BCUT2D eigenvalue weighted by atomic mass is 9.94. The van der Waals surface area contributed by atoms with Crippen LogP contribution in [0.2, 0.25) is 0 Å². The van der Waals surface area contributed by atoms with Crippen LogP contribution in [0, 0.1) is 5.92 Å². The zero-order valence-corrected chi connectivity index (χ0v) is 14.1. The topological polar surface area (TPSA) is 61.8 Å². The molecule has 1 aliphatic rings. The van der Waals surface area contributed by atoms with E-state index in [1.807, 2.05) is 24.3 Å². The van der Waals surface area contributed by atoms with Gasteiger partial charge in [0.2, 0.25) is 0 Å². The number of amides is 2. The van der Waals surface area contributed by atoms with Crippen molar-refractivity contribution in [3.8, 4) is 5.75 Å². The Morgan fingerprint density at radius 1 is 1.48 bits per heavy atom. The minimum atomic E-state index is -0.379. The Morgan fingerprint density at radius 2 is 2.26 bits per heavy atom. The number of para-hydroxylation sites is 2. The maximum atomic E-state index is 12.5. The van der Waals surface area contributed by atoms with Gasteiger partial charge >= 0.3 is 6.03 Å². The van der Waals surface area contributed by atoms with Crippen molar-refractivity contribution in [1.82, 2.24) is 4.90 Å². The number of carbonyl (C=O) groups excluding carboxylic acids is 1. The largest absolute Gasteiger partial charge is 0.491 e. The summed E-state index contributed by atoms with van der Waals surface area (Å²) < 4.78 is 5.75. The number of anilines is 1. The Hall–Kier alpha value is -1.75. The van der Waals surface area contributed by atoms with Crippen LogP contribution >= 0.6 is 0 Å². The number of rotatable bonds is 6. The van der Waals surface area contributed by atoms with E-state index in [2.05, 4.69) is 12.2 Å². The number of piperidine rings is 1. The van der Waals surface area contributed by atoms with E-state index in [0.29, 0.717) is 24.6 Å². The van der Waals surface area contributed by atoms with Crippen LogP contribution in [0.4, 0.5) is 10.5 Å². The lowest BCUT2D eigenvalue weighted by Gasteiger charge is -2.34. The summed E-state index contributed by atoms with van der Waals surface area (Å²) in [4.78, 5) is 14.3. The molecule has 0 spiro atoms. The van der Waals surface area contributed by atoms with Crippen LogP contribution in [0.15, 0.2) is 24.3 Å². The fourth-order valence-electron chi connectivity index (χ4n) is 2.80. The molecule has 2 N–H and O–H groups in total. The molecule has 1 aliphatic heterocycles. The minimum Gasteiger partial charge on any atom is -0.491 e. The van der Waals surface area contributed by atoms with Gasteiger partial charge in [-0.05, 0) is 38.3 Å². The smallest absolute Gasteiger partial charge is 0.321 e. The summed E-state index contributed by atoms with van der Waals surface area (Å²) in [6, 6.07) is 7.40. The van der Waals surface area contributed by atoms with Gasteiger partial charge in [0.25, 0.3) is 0 Å². The lowest BCUT2D eigenvalue weighted by Crippen LogP contribution is -2.44. The number of nitrogens with one attached hydrogen (secondary N) is 1. The maximum Gasteiger partial charge on any atom is 0.321 e. The Bertz CT molecular complexity index is 505. The molecule has 128 valence electrons. The zero-order valence-electron chi connectivity index (χ0n) is 14.1. The molecule has 0 aromatic heterocycles. The first-order chi connectivity index (χ1) is 11.1. The van der Waals surface area contributed by atoms with E-state index < -0.39 is 0 Å². The van der Waals surface area contributed by atoms with E-state index >= 15 is 0 Å². The number of nitrogens with zero attached hydrogens (tertiary/aromatic N) is 1. The molecule has 2 rings (SSSR count). The van der Waals surface area contributed by atoms with Crippen LogP contribution < -0.4 is 10.1 Å². The van der Waals surface area contributed by atoms with Gasteiger partial charge in [-0.25, -0.2) is 4.79 Å². The maximum absolute atomic E-state index is 12.5. The standard InChI is InChI=1S/C18H28N2O3/c1-3-4-12-23-17-10-6-5-9-16(17)19-18(22)20-11-7-8-15(13-20)14(2)21/h5-6,9-10,14-15,21H,3-4,7-8,11-13H2,1-2H3,(H,19,22). The first-order valence-corrected chi connectivity index (χ1v) is 8.57. The molecule has 5 nitrogen and oxygen atoms in total. The molecular formula is C18H28N2O3. The summed E-state index contributed by atoms with van der Waals surface area (Å²) in [5.41, 5.74) is 0.702. The Morgan fingerprint density at radius 3 is 3.00 bits per heavy atom. The first kappa shape index (κ1) is 17.6. The molecule has 2 amide bonds. The summed E-state index contributed by atoms with van der Waals surface area (Å²) in [5.74, 6) is 0.865. The Kier molecular flexibility index (Phi) is 6.71. The van der Waals surface area contributed by atoms with Crippen molar-refractivity contribution in [3.63, 3.8) is 0 Å². The summed E-state index contributed by atoms with van der Waals surface area (Å²) in [6.45, 7) is 5.89. The van der Waals surface area contributed by atoms with Crippen molar-refractivity contribution in [2.45, 2.75) is 45.6 Å². The summed E-state index contributed by atoms with van der Waals surface area (Å²) >= 11 is 0. The van der Waals surface area contributed by atoms with Gasteiger partial charge in [-0.1, -0.05) is 25.5 Å². The second kappa shape index (κ2) is 8.77. The zero-order chi connectivity index (χ0) is 16.7. The third-order valence-corrected chi connectivity index (χ3v) is 4.31. The van der Waals surface area contributed by atoms with Crippen LogP contribution in [0.1, 0.15) is 39.5 Å². The van der Waals surface area contributed by atoms with E-state index in [1.54, 1.807) is 11.8 Å². The van der Waals surface area contributed by atoms with Crippen LogP contribution in [0.3, 0.4) is 0 Å². The number of hydrogen-bond donors (Lipinski definition) is 2. The van der Waals surface area contributed by atoms with E-state index in [0.717, 1.165) is 32.2 Å². The molecule has 1 aromatic carbocycles. The van der Waals surface area contributed by atoms with E-state index in [1.165, 1.54) is 0 Å². The number of hydrogen-bond acceptors (Lipinski definition) is 3. The second-order valence-corrected chi connectivity index (χ2v) is 6.22. The highest BCUT2D eigenvalue weighted by molar-refractivity contribution is 5.91. The van der Waals surface area contributed by atoms with Gasteiger partial charge in [-0.3, -0.25) is 0 Å². The highest BCUT2D eigenvalue weighted by Crippen LogP contribution is 2.26. The predicted molar refractivity (Wildman–Crippen MR) is 91.8 cm³/mol. The predicted octanol–water partition coefficient (Wildman–Crippen LogP) is 3.49. The lowest BCUT2D eigenvalue weighted by molar-refractivity contribution is 0.0766. The number of ether oxygens (including phenoxy) is 1. The number of unbranched alkanes of at least 4 members (excludes halogenated alkanes) is 1. The van der Waals surface area contributed by atoms with Crippen molar-refractivity contribution in [2.24, 2.45) is 5.92 Å². The van der Waals surface area contributed by atoms with Gasteiger partial charge in [0, 0.05) is 19.0 Å². The van der Waals surface area contributed by atoms with Crippen LogP contribution in [-0.2, 0) is 0 Å². The molecule has 1 saturated heterocycles. The minimum absolute atomic E-state index is 0.123. The third kappa shape index (κ3) is 5.13. The SMILES string of the molecule is CCCCOc1ccccc1NC(=O)N1CCCC(C(C)O)C1. The second-order valence-electron chi connectivity index (χ2n) is 6.22. The summed E-state index contributed by atoms with van der Waals surface area (Å²) in [7, 11) is 0. The van der Waals surface area contributed by atoms with Crippen molar-refractivity contribution in [3.05, 3.63) is 24.3 Å². The summed E-state index contributed by atoms with van der Waals surface area (Å²) in [6.07, 6.45) is 3.58. The quantitative estimate of drug-likeness (QED) is 0.789. The third-order valence-electron chi connectivity index (χ3n) is 4.31. The molecule has 5 heteroatoms.